The molecule has 0 saturated heterocycles. The highest BCUT2D eigenvalue weighted by Crippen LogP contribution is 2.30. The topological polar surface area (TPSA) is 54.7 Å². The Morgan fingerprint density at radius 2 is 2.40 bits per heavy atom. The number of nitrogens with two attached hydrogens (primary N) is 1. The first kappa shape index (κ1) is 10.7. The van der Waals surface area contributed by atoms with Gasteiger partial charge >= 0.3 is 0 Å². The van der Waals surface area contributed by atoms with Gasteiger partial charge in [0, 0.05) is 23.9 Å². The molecule has 1 aromatic heterocycles. The lowest BCUT2D eigenvalue weighted by atomic mass is 9.86. The predicted molar refractivity (Wildman–Crippen MR) is 61.8 cm³/mol. The molecule has 0 aliphatic heterocycles. The zero-order valence-electron chi connectivity index (χ0n) is 9.50. The number of nitrogens with zero attached hydrogens (tertiary/aromatic N) is 1. The molecule has 2 atom stereocenters. The van der Waals surface area contributed by atoms with Gasteiger partial charge in [0.1, 0.15) is 5.82 Å². The van der Waals surface area contributed by atoms with Gasteiger partial charge in [-0.05, 0) is 25.7 Å². The largest absolute Gasteiger partial charge is 0.346 e. The molecule has 0 bridgehead atoms. The first-order valence-corrected chi connectivity index (χ1v) is 6.09. The summed E-state index contributed by atoms with van der Waals surface area (Å²) in [4.78, 5) is 7.92. The molecule has 3 heteroatoms. The van der Waals surface area contributed by atoms with Crippen LogP contribution in [0.15, 0.2) is 6.20 Å². The van der Waals surface area contributed by atoms with E-state index in [0.717, 1.165) is 18.7 Å². The molecule has 2 rings (SSSR count). The van der Waals surface area contributed by atoms with Crippen molar-refractivity contribution < 1.29 is 0 Å². The number of hydrogen-bond donors (Lipinski definition) is 2. The van der Waals surface area contributed by atoms with Crippen LogP contribution in [0.25, 0.3) is 0 Å². The van der Waals surface area contributed by atoms with E-state index < -0.39 is 0 Å². The molecule has 1 saturated carbocycles. The summed E-state index contributed by atoms with van der Waals surface area (Å²) in [5, 5.41) is 0. The Kier molecular flexibility index (Phi) is 3.41. The normalized spacial score (nSPS) is 26.8. The Hall–Kier alpha value is -0.830. The average molecular weight is 207 g/mol. The molecule has 0 amide bonds. The first-order chi connectivity index (χ1) is 7.29. The summed E-state index contributed by atoms with van der Waals surface area (Å²) < 4.78 is 0. The fourth-order valence-corrected chi connectivity index (χ4v) is 2.46. The SMILES string of the molecule is CCCc1cnc(C2CCCC(N)C2)[nH]1. The maximum atomic E-state index is 5.99. The second-order valence-corrected chi connectivity index (χ2v) is 4.67. The van der Waals surface area contributed by atoms with Crippen LogP contribution in [0, 0.1) is 0 Å². The van der Waals surface area contributed by atoms with E-state index >= 15 is 0 Å². The summed E-state index contributed by atoms with van der Waals surface area (Å²) in [6.45, 7) is 2.19. The molecule has 2 unspecified atom stereocenters. The van der Waals surface area contributed by atoms with E-state index in [1.807, 2.05) is 6.20 Å². The van der Waals surface area contributed by atoms with Gasteiger partial charge in [-0.1, -0.05) is 19.8 Å². The van der Waals surface area contributed by atoms with Gasteiger partial charge in [0.25, 0.3) is 0 Å². The molecule has 1 aromatic rings. The molecule has 15 heavy (non-hydrogen) atoms. The van der Waals surface area contributed by atoms with Crippen LogP contribution in [0.2, 0.25) is 0 Å². The fraction of sp³-hybridized carbons (Fsp3) is 0.750. The lowest BCUT2D eigenvalue weighted by Crippen LogP contribution is -2.27. The highest BCUT2D eigenvalue weighted by molar-refractivity contribution is 5.07. The van der Waals surface area contributed by atoms with E-state index in [1.54, 1.807) is 0 Å². The van der Waals surface area contributed by atoms with Gasteiger partial charge in [-0.3, -0.25) is 0 Å². The van der Waals surface area contributed by atoms with Crippen molar-refractivity contribution in [1.29, 1.82) is 0 Å². The van der Waals surface area contributed by atoms with Gasteiger partial charge in [-0.15, -0.1) is 0 Å². The van der Waals surface area contributed by atoms with Crippen LogP contribution in [0.4, 0.5) is 0 Å². The molecule has 84 valence electrons. The maximum Gasteiger partial charge on any atom is 0.109 e. The Morgan fingerprint density at radius 3 is 3.13 bits per heavy atom. The molecular formula is C12H21N3. The number of hydrogen-bond acceptors (Lipinski definition) is 2. The number of nitrogens with one attached hydrogen (secondary N) is 1. The zero-order valence-corrected chi connectivity index (χ0v) is 9.50. The molecule has 1 aliphatic rings. The van der Waals surface area contributed by atoms with E-state index in [4.69, 9.17) is 5.73 Å². The van der Waals surface area contributed by atoms with Crippen molar-refractivity contribution in [2.75, 3.05) is 0 Å². The zero-order chi connectivity index (χ0) is 10.7. The molecule has 0 aromatic carbocycles. The summed E-state index contributed by atoms with van der Waals surface area (Å²) in [7, 11) is 0. The van der Waals surface area contributed by atoms with Crippen molar-refractivity contribution in [2.45, 2.75) is 57.4 Å². The summed E-state index contributed by atoms with van der Waals surface area (Å²) >= 11 is 0. The van der Waals surface area contributed by atoms with Crippen LogP contribution in [0.1, 0.15) is 56.5 Å². The minimum Gasteiger partial charge on any atom is -0.346 e. The second kappa shape index (κ2) is 4.79. The highest BCUT2D eigenvalue weighted by Gasteiger charge is 2.22. The summed E-state index contributed by atoms with van der Waals surface area (Å²) in [6.07, 6.45) is 9.02. The van der Waals surface area contributed by atoms with Gasteiger partial charge in [0.15, 0.2) is 0 Å². The van der Waals surface area contributed by atoms with Gasteiger partial charge in [0.2, 0.25) is 0 Å². The summed E-state index contributed by atoms with van der Waals surface area (Å²) in [6, 6.07) is 0.378. The van der Waals surface area contributed by atoms with Crippen molar-refractivity contribution in [1.82, 2.24) is 9.97 Å². The maximum absolute atomic E-state index is 5.99. The van der Waals surface area contributed by atoms with Crippen LogP contribution in [-0.2, 0) is 6.42 Å². The van der Waals surface area contributed by atoms with E-state index in [-0.39, 0.29) is 0 Å². The van der Waals surface area contributed by atoms with Gasteiger partial charge in [0.05, 0.1) is 0 Å². The van der Waals surface area contributed by atoms with Gasteiger partial charge < -0.3 is 10.7 Å². The van der Waals surface area contributed by atoms with Crippen LogP contribution >= 0.6 is 0 Å². The summed E-state index contributed by atoms with van der Waals surface area (Å²) in [5.41, 5.74) is 7.26. The van der Waals surface area contributed by atoms with E-state index in [2.05, 4.69) is 16.9 Å². The third-order valence-electron chi connectivity index (χ3n) is 3.27. The van der Waals surface area contributed by atoms with Crippen molar-refractivity contribution in [3.05, 3.63) is 17.7 Å². The van der Waals surface area contributed by atoms with Crippen molar-refractivity contribution in [2.24, 2.45) is 5.73 Å². The first-order valence-electron chi connectivity index (χ1n) is 6.09. The van der Waals surface area contributed by atoms with E-state index in [1.165, 1.54) is 31.4 Å². The van der Waals surface area contributed by atoms with Crippen LogP contribution < -0.4 is 5.73 Å². The third-order valence-corrected chi connectivity index (χ3v) is 3.27. The van der Waals surface area contributed by atoms with Crippen LogP contribution in [0.3, 0.4) is 0 Å². The second-order valence-electron chi connectivity index (χ2n) is 4.67. The lowest BCUT2D eigenvalue weighted by Gasteiger charge is -2.24. The highest BCUT2D eigenvalue weighted by atomic mass is 14.9. The Bertz CT molecular complexity index is 306. The van der Waals surface area contributed by atoms with Gasteiger partial charge in [-0.2, -0.15) is 0 Å². The van der Waals surface area contributed by atoms with E-state index in [9.17, 15) is 0 Å². The average Bonchev–Trinajstić information content (AvgIpc) is 2.67. The lowest BCUT2D eigenvalue weighted by molar-refractivity contribution is 0.383. The smallest absolute Gasteiger partial charge is 0.109 e. The number of aromatic amines is 1. The Morgan fingerprint density at radius 1 is 1.53 bits per heavy atom. The number of H-pyrrole nitrogens is 1. The monoisotopic (exact) mass is 207 g/mol. The van der Waals surface area contributed by atoms with Gasteiger partial charge in [-0.25, -0.2) is 4.98 Å². The van der Waals surface area contributed by atoms with Crippen LogP contribution in [-0.4, -0.2) is 16.0 Å². The molecule has 1 fully saturated rings. The summed E-state index contributed by atoms with van der Waals surface area (Å²) in [5.74, 6) is 1.73. The molecule has 0 spiro atoms. The number of imidazole rings is 1. The third kappa shape index (κ3) is 2.59. The molecular weight excluding hydrogens is 186 g/mol. The number of rotatable bonds is 3. The minimum atomic E-state index is 0.378. The Labute approximate surface area is 91.5 Å². The quantitative estimate of drug-likeness (QED) is 0.799. The molecule has 0 radical (unpaired) electrons. The number of aromatic nitrogens is 2. The standard InChI is InChI=1S/C12H21N3/c1-2-4-11-8-14-12(15-11)9-5-3-6-10(13)7-9/h8-10H,2-7,13H2,1H3,(H,14,15). The molecule has 3 nitrogen and oxygen atoms in total. The molecule has 3 N–H and O–H groups in total. The Balaban J connectivity index is 2.01. The van der Waals surface area contributed by atoms with Crippen molar-refractivity contribution in [3.63, 3.8) is 0 Å². The van der Waals surface area contributed by atoms with Crippen molar-refractivity contribution >= 4 is 0 Å². The van der Waals surface area contributed by atoms with Crippen LogP contribution in [0.5, 0.6) is 0 Å². The van der Waals surface area contributed by atoms with E-state index in [0.29, 0.717) is 12.0 Å². The molecule has 1 heterocycles. The number of aryl methyl sites for hydroxylation is 1. The minimum absolute atomic E-state index is 0.378. The fourth-order valence-electron chi connectivity index (χ4n) is 2.46. The van der Waals surface area contributed by atoms with Crippen molar-refractivity contribution in [3.8, 4) is 0 Å². The predicted octanol–water partition coefficient (Wildman–Crippen LogP) is 2.35. The molecule has 1 aliphatic carbocycles.